The summed E-state index contributed by atoms with van der Waals surface area (Å²) in [6.07, 6.45) is -0.743. The van der Waals surface area contributed by atoms with Crippen molar-refractivity contribution in [2.45, 2.75) is 6.17 Å². The lowest BCUT2D eigenvalue weighted by molar-refractivity contribution is 0.235. The van der Waals surface area contributed by atoms with E-state index >= 15 is 0 Å². The Bertz CT molecular complexity index is 394. The molecule has 1 aromatic rings. The Hall–Kier alpha value is -1.76. The topological polar surface area (TPSA) is 110 Å². The average molecular weight is 287 g/mol. The maximum absolute atomic E-state index is 10.8. The van der Waals surface area contributed by atoms with Crippen LogP contribution in [-0.4, -0.2) is 12.1 Å². The van der Waals surface area contributed by atoms with Gasteiger partial charge in [0, 0.05) is 4.47 Å². The molecule has 6 N–H and O–H groups in total. The number of urea groups is 2. The number of hydrogen-bond acceptors (Lipinski definition) is 2. The SMILES string of the molecule is NC(=O)NC(NC(N)=O)c1cccc(Br)c1. The zero-order chi connectivity index (χ0) is 12.1. The molecule has 1 aromatic carbocycles. The maximum Gasteiger partial charge on any atom is 0.314 e. The fourth-order valence-electron chi connectivity index (χ4n) is 1.17. The molecule has 6 nitrogen and oxygen atoms in total. The fraction of sp³-hybridized carbons (Fsp3) is 0.111. The van der Waals surface area contributed by atoms with Gasteiger partial charge in [-0.2, -0.15) is 0 Å². The number of halogens is 1. The van der Waals surface area contributed by atoms with Crippen LogP contribution in [0.5, 0.6) is 0 Å². The fourth-order valence-corrected chi connectivity index (χ4v) is 1.59. The van der Waals surface area contributed by atoms with Crippen LogP contribution >= 0.6 is 15.9 Å². The Balaban J connectivity index is 2.90. The molecule has 0 saturated carbocycles. The van der Waals surface area contributed by atoms with Crippen LogP contribution in [0.1, 0.15) is 11.7 Å². The number of nitrogens with one attached hydrogen (secondary N) is 2. The summed E-state index contributed by atoms with van der Waals surface area (Å²) in [7, 11) is 0. The van der Waals surface area contributed by atoms with Crippen molar-refractivity contribution >= 4 is 28.0 Å². The van der Waals surface area contributed by atoms with E-state index < -0.39 is 18.2 Å². The number of hydrogen-bond donors (Lipinski definition) is 4. The van der Waals surface area contributed by atoms with Crippen molar-refractivity contribution in [3.8, 4) is 0 Å². The van der Waals surface area contributed by atoms with Crippen LogP contribution < -0.4 is 22.1 Å². The number of carbonyl (C=O) groups excluding carboxylic acids is 2. The third-order valence-corrected chi connectivity index (χ3v) is 2.25. The Labute approximate surface area is 100 Å². The molecule has 0 aliphatic carbocycles. The van der Waals surface area contributed by atoms with Crippen LogP contribution in [0.2, 0.25) is 0 Å². The monoisotopic (exact) mass is 286 g/mol. The molecule has 0 aliphatic heterocycles. The van der Waals surface area contributed by atoms with Gasteiger partial charge in [-0.3, -0.25) is 0 Å². The second-order valence-corrected chi connectivity index (χ2v) is 3.92. The first-order valence-corrected chi connectivity index (χ1v) is 5.15. The van der Waals surface area contributed by atoms with Crippen LogP contribution in [0.3, 0.4) is 0 Å². The number of amides is 4. The summed E-state index contributed by atoms with van der Waals surface area (Å²) in [5.41, 5.74) is 10.6. The van der Waals surface area contributed by atoms with Gasteiger partial charge in [0.25, 0.3) is 0 Å². The van der Waals surface area contributed by atoms with E-state index in [0.29, 0.717) is 5.56 Å². The maximum atomic E-state index is 10.8. The first-order valence-electron chi connectivity index (χ1n) is 4.36. The first-order chi connectivity index (χ1) is 7.49. The van der Waals surface area contributed by atoms with Gasteiger partial charge in [0.15, 0.2) is 0 Å². The van der Waals surface area contributed by atoms with Gasteiger partial charge < -0.3 is 22.1 Å². The minimum Gasteiger partial charge on any atom is -0.352 e. The van der Waals surface area contributed by atoms with E-state index in [1.807, 2.05) is 6.07 Å². The molecule has 0 spiro atoms. The lowest BCUT2D eigenvalue weighted by Crippen LogP contribution is -2.45. The van der Waals surface area contributed by atoms with Crippen LogP contribution in [0, 0.1) is 0 Å². The van der Waals surface area contributed by atoms with Crippen LogP contribution in [-0.2, 0) is 0 Å². The Morgan fingerprint density at radius 1 is 1.19 bits per heavy atom. The summed E-state index contributed by atoms with van der Waals surface area (Å²) in [6.45, 7) is 0. The highest BCUT2D eigenvalue weighted by Crippen LogP contribution is 2.16. The van der Waals surface area contributed by atoms with Crippen LogP contribution in [0.4, 0.5) is 9.59 Å². The van der Waals surface area contributed by atoms with Crippen molar-refractivity contribution in [2.24, 2.45) is 11.5 Å². The average Bonchev–Trinajstić information content (AvgIpc) is 2.15. The summed E-state index contributed by atoms with van der Waals surface area (Å²) in [5.74, 6) is 0. The molecular formula is C9H11BrN4O2. The molecule has 0 fully saturated rings. The molecule has 0 saturated heterocycles. The predicted octanol–water partition coefficient (Wildman–Crippen LogP) is 0.784. The van der Waals surface area contributed by atoms with E-state index in [0.717, 1.165) is 4.47 Å². The van der Waals surface area contributed by atoms with Crippen molar-refractivity contribution in [3.05, 3.63) is 34.3 Å². The molecular weight excluding hydrogens is 276 g/mol. The number of primary amides is 2. The van der Waals surface area contributed by atoms with Crippen molar-refractivity contribution in [3.63, 3.8) is 0 Å². The van der Waals surface area contributed by atoms with Crippen molar-refractivity contribution in [1.29, 1.82) is 0 Å². The Kier molecular flexibility index (Phi) is 4.12. The van der Waals surface area contributed by atoms with E-state index in [1.165, 1.54) is 0 Å². The Morgan fingerprint density at radius 2 is 1.75 bits per heavy atom. The highest BCUT2D eigenvalue weighted by molar-refractivity contribution is 9.10. The van der Waals surface area contributed by atoms with Crippen LogP contribution in [0.25, 0.3) is 0 Å². The standard InChI is InChI=1S/C9H11BrN4O2/c10-6-3-1-2-5(4-6)7(13-8(11)15)14-9(12)16/h1-4,7H,(H3,11,13,15)(H3,12,14,16). The highest BCUT2D eigenvalue weighted by atomic mass is 79.9. The second-order valence-electron chi connectivity index (χ2n) is 3.01. The normalized spacial score (nSPS) is 9.88. The molecule has 0 unspecified atom stereocenters. The highest BCUT2D eigenvalue weighted by Gasteiger charge is 2.14. The van der Waals surface area contributed by atoms with Crippen molar-refractivity contribution in [1.82, 2.24) is 10.6 Å². The zero-order valence-corrected chi connectivity index (χ0v) is 9.82. The summed E-state index contributed by atoms with van der Waals surface area (Å²) in [4.78, 5) is 21.5. The van der Waals surface area contributed by atoms with Gasteiger partial charge in [0.1, 0.15) is 6.17 Å². The van der Waals surface area contributed by atoms with E-state index in [1.54, 1.807) is 18.2 Å². The number of benzene rings is 1. The molecule has 0 heterocycles. The van der Waals surface area contributed by atoms with Gasteiger partial charge in [-0.1, -0.05) is 28.1 Å². The molecule has 0 bridgehead atoms. The molecule has 0 radical (unpaired) electrons. The third kappa shape index (κ3) is 3.77. The van der Waals surface area contributed by atoms with Gasteiger partial charge in [-0.15, -0.1) is 0 Å². The molecule has 4 amide bonds. The molecule has 1 rings (SSSR count). The van der Waals surface area contributed by atoms with Crippen molar-refractivity contribution in [2.75, 3.05) is 0 Å². The minimum absolute atomic E-state index is 0.659. The van der Waals surface area contributed by atoms with E-state index in [-0.39, 0.29) is 0 Å². The van der Waals surface area contributed by atoms with Gasteiger partial charge >= 0.3 is 12.1 Å². The quantitative estimate of drug-likeness (QED) is 0.616. The lowest BCUT2D eigenvalue weighted by Gasteiger charge is -2.18. The third-order valence-electron chi connectivity index (χ3n) is 1.76. The van der Waals surface area contributed by atoms with Crippen LogP contribution in [0.15, 0.2) is 28.7 Å². The molecule has 16 heavy (non-hydrogen) atoms. The molecule has 7 heteroatoms. The second kappa shape index (κ2) is 5.36. The summed E-state index contributed by atoms with van der Waals surface area (Å²) < 4.78 is 0.813. The number of carbonyl (C=O) groups is 2. The lowest BCUT2D eigenvalue weighted by atomic mass is 10.2. The first kappa shape index (κ1) is 12.3. The van der Waals surface area contributed by atoms with E-state index in [2.05, 4.69) is 26.6 Å². The smallest absolute Gasteiger partial charge is 0.314 e. The Morgan fingerprint density at radius 3 is 2.19 bits per heavy atom. The number of nitrogens with two attached hydrogens (primary N) is 2. The summed E-state index contributed by atoms with van der Waals surface area (Å²) >= 11 is 3.27. The van der Waals surface area contributed by atoms with E-state index in [9.17, 15) is 9.59 Å². The minimum atomic E-state index is -0.751. The summed E-state index contributed by atoms with van der Waals surface area (Å²) in [5, 5.41) is 4.72. The molecule has 0 aliphatic rings. The zero-order valence-electron chi connectivity index (χ0n) is 8.24. The van der Waals surface area contributed by atoms with Gasteiger partial charge in [0.2, 0.25) is 0 Å². The van der Waals surface area contributed by atoms with E-state index in [4.69, 9.17) is 11.5 Å². The van der Waals surface area contributed by atoms with Crippen molar-refractivity contribution < 1.29 is 9.59 Å². The molecule has 0 aromatic heterocycles. The van der Waals surface area contributed by atoms with Gasteiger partial charge in [0.05, 0.1) is 0 Å². The summed E-state index contributed by atoms with van der Waals surface area (Å²) in [6, 6.07) is 5.53. The largest absolute Gasteiger partial charge is 0.352 e. The van der Waals surface area contributed by atoms with Gasteiger partial charge in [-0.05, 0) is 17.7 Å². The molecule has 86 valence electrons. The van der Waals surface area contributed by atoms with Gasteiger partial charge in [-0.25, -0.2) is 9.59 Å². The molecule has 0 atom stereocenters. The number of rotatable bonds is 3. The predicted molar refractivity (Wildman–Crippen MR) is 62.3 cm³/mol.